The highest BCUT2D eigenvalue weighted by Gasteiger charge is 2.16. The summed E-state index contributed by atoms with van der Waals surface area (Å²) in [5.74, 6) is -1.14. The van der Waals surface area contributed by atoms with Crippen LogP contribution in [0.2, 0.25) is 0 Å². The molecule has 15 heavy (non-hydrogen) atoms. The summed E-state index contributed by atoms with van der Waals surface area (Å²) >= 11 is 0. The third-order valence-corrected chi connectivity index (χ3v) is 2.49. The Kier molecular flexibility index (Phi) is 2.68. The second-order valence-corrected chi connectivity index (χ2v) is 3.57. The molecule has 1 unspecified atom stereocenters. The lowest BCUT2D eigenvalue weighted by atomic mass is 9.92. The summed E-state index contributed by atoms with van der Waals surface area (Å²) < 4.78 is 0. The average Bonchev–Trinajstić information content (AvgIpc) is 2.30. The number of rotatable bonds is 2. The van der Waals surface area contributed by atoms with Gasteiger partial charge < -0.3 is 5.11 Å². The van der Waals surface area contributed by atoms with Crippen LogP contribution in [0.3, 0.4) is 0 Å². The molecule has 2 nitrogen and oxygen atoms in total. The minimum absolute atomic E-state index is 0.384. The van der Waals surface area contributed by atoms with Gasteiger partial charge in [0.25, 0.3) is 0 Å². The maximum Gasteiger partial charge on any atom is 0.310 e. The molecular formula is C13H12O2. The quantitative estimate of drug-likeness (QED) is 0.797. The van der Waals surface area contributed by atoms with Crippen LogP contribution in [-0.4, -0.2) is 11.1 Å². The van der Waals surface area contributed by atoms with E-state index in [0.717, 1.165) is 11.1 Å². The van der Waals surface area contributed by atoms with E-state index in [2.05, 4.69) is 0 Å². The van der Waals surface area contributed by atoms with Crippen molar-refractivity contribution in [3.63, 3.8) is 0 Å². The van der Waals surface area contributed by atoms with Crippen molar-refractivity contribution in [2.24, 2.45) is 5.92 Å². The zero-order valence-electron chi connectivity index (χ0n) is 8.26. The molecule has 2 heteroatoms. The van der Waals surface area contributed by atoms with E-state index in [0.29, 0.717) is 6.42 Å². The predicted octanol–water partition coefficient (Wildman–Crippen LogP) is 2.73. The van der Waals surface area contributed by atoms with Crippen molar-refractivity contribution < 1.29 is 9.90 Å². The van der Waals surface area contributed by atoms with Crippen LogP contribution in [-0.2, 0) is 4.79 Å². The van der Waals surface area contributed by atoms with Gasteiger partial charge in [-0.3, -0.25) is 4.79 Å². The fraction of sp³-hybridized carbons (Fsp3) is 0.154. The van der Waals surface area contributed by atoms with E-state index in [9.17, 15) is 4.79 Å². The number of carbonyl (C=O) groups is 1. The number of carboxylic acid groups (broad SMARTS) is 1. The predicted molar refractivity (Wildman–Crippen MR) is 59.3 cm³/mol. The fourth-order valence-electron chi connectivity index (χ4n) is 1.68. The van der Waals surface area contributed by atoms with Crippen LogP contribution in [0.4, 0.5) is 0 Å². The molecule has 1 aliphatic rings. The Balaban J connectivity index is 2.30. The zero-order chi connectivity index (χ0) is 10.7. The molecule has 0 radical (unpaired) electrons. The van der Waals surface area contributed by atoms with Gasteiger partial charge in [0.1, 0.15) is 0 Å². The first-order chi connectivity index (χ1) is 7.27. The van der Waals surface area contributed by atoms with E-state index in [1.165, 1.54) is 0 Å². The number of carboxylic acids is 1. The van der Waals surface area contributed by atoms with Crippen molar-refractivity contribution in [1.82, 2.24) is 0 Å². The molecule has 1 N–H and O–H groups in total. The topological polar surface area (TPSA) is 37.3 Å². The molecule has 0 fully saturated rings. The minimum Gasteiger partial charge on any atom is -0.481 e. The van der Waals surface area contributed by atoms with Crippen molar-refractivity contribution >= 4 is 11.5 Å². The number of hydrogen-bond acceptors (Lipinski definition) is 1. The monoisotopic (exact) mass is 200 g/mol. The number of allylic oxidation sites excluding steroid dienone is 3. The van der Waals surface area contributed by atoms with E-state index in [-0.39, 0.29) is 5.92 Å². The lowest BCUT2D eigenvalue weighted by molar-refractivity contribution is -0.139. The van der Waals surface area contributed by atoms with Crippen molar-refractivity contribution in [1.29, 1.82) is 0 Å². The van der Waals surface area contributed by atoms with Gasteiger partial charge in [0.05, 0.1) is 5.92 Å². The Bertz CT molecular complexity index is 415. The van der Waals surface area contributed by atoms with Crippen LogP contribution in [0.25, 0.3) is 5.57 Å². The number of aliphatic carboxylic acids is 1. The van der Waals surface area contributed by atoms with Gasteiger partial charge in [0.15, 0.2) is 0 Å². The molecule has 0 aliphatic heterocycles. The molecule has 1 aliphatic carbocycles. The molecule has 0 amide bonds. The van der Waals surface area contributed by atoms with Crippen LogP contribution in [0.15, 0.2) is 48.6 Å². The van der Waals surface area contributed by atoms with Crippen molar-refractivity contribution in [3.05, 3.63) is 54.1 Å². The first-order valence-corrected chi connectivity index (χ1v) is 4.94. The Labute approximate surface area is 88.6 Å². The lowest BCUT2D eigenvalue weighted by Gasteiger charge is -2.12. The summed E-state index contributed by atoms with van der Waals surface area (Å²) in [5.41, 5.74) is 2.06. The van der Waals surface area contributed by atoms with Gasteiger partial charge in [0.2, 0.25) is 0 Å². The first-order valence-electron chi connectivity index (χ1n) is 4.94. The Morgan fingerprint density at radius 1 is 1.27 bits per heavy atom. The molecule has 0 heterocycles. The fourth-order valence-corrected chi connectivity index (χ4v) is 1.68. The molecule has 1 aromatic rings. The largest absolute Gasteiger partial charge is 0.481 e. The average molecular weight is 200 g/mol. The Morgan fingerprint density at radius 3 is 2.67 bits per heavy atom. The second kappa shape index (κ2) is 4.13. The van der Waals surface area contributed by atoms with Crippen molar-refractivity contribution in [2.45, 2.75) is 6.42 Å². The zero-order valence-corrected chi connectivity index (χ0v) is 8.26. The van der Waals surface area contributed by atoms with Crippen LogP contribution >= 0.6 is 0 Å². The van der Waals surface area contributed by atoms with E-state index in [4.69, 9.17) is 5.11 Å². The Morgan fingerprint density at radius 2 is 2.00 bits per heavy atom. The highest BCUT2D eigenvalue weighted by molar-refractivity contribution is 5.82. The third-order valence-electron chi connectivity index (χ3n) is 2.49. The van der Waals surface area contributed by atoms with Gasteiger partial charge in [-0.05, 0) is 17.6 Å². The number of hydrogen-bond donors (Lipinski definition) is 1. The van der Waals surface area contributed by atoms with E-state index in [1.54, 1.807) is 0 Å². The van der Waals surface area contributed by atoms with Gasteiger partial charge in [-0.25, -0.2) is 0 Å². The van der Waals surface area contributed by atoms with E-state index < -0.39 is 5.97 Å². The smallest absolute Gasteiger partial charge is 0.310 e. The summed E-state index contributed by atoms with van der Waals surface area (Å²) in [4.78, 5) is 10.9. The molecule has 76 valence electrons. The van der Waals surface area contributed by atoms with Gasteiger partial charge in [-0.2, -0.15) is 0 Å². The van der Waals surface area contributed by atoms with Crippen LogP contribution in [0, 0.1) is 5.92 Å². The maximum absolute atomic E-state index is 10.9. The third kappa shape index (κ3) is 2.15. The summed E-state index contributed by atoms with van der Waals surface area (Å²) in [7, 11) is 0. The summed E-state index contributed by atoms with van der Waals surface area (Å²) in [6, 6.07) is 9.83. The van der Waals surface area contributed by atoms with E-state index in [1.807, 2.05) is 48.6 Å². The molecule has 0 aromatic heterocycles. The second-order valence-electron chi connectivity index (χ2n) is 3.57. The summed E-state index contributed by atoms with van der Waals surface area (Å²) in [5, 5.41) is 8.92. The van der Waals surface area contributed by atoms with Crippen molar-refractivity contribution in [2.75, 3.05) is 0 Å². The molecule has 0 saturated heterocycles. The highest BCUT2D eigenvalue weighted by atomic mass is 16.4. The van der Waals surface area contributed by atoms with Gasteiger partial charge in [-0.15, -0.1) is 0 Å². The minimum atomic E-state index is -0.757. The Hall–Kier alpha value is -1.83. The first kappa shape index (κ1) is 9.71. The molecule has 1 atom stereocenters. The SMILES string of the molecule is O=C(O)C1C=C(c2ccccc2)C=CC1. The van der Waals surface area contributed by atoms with Crippen LogP contribution in [0.5, 0.6) is 0 Å². The molecule has 0 saturated carbocycles. The highest BCUT2D eigenvalue weighted by Crippen LogP contribution is 2.24. The van der Waals surface area contributed by atoms with Gasteiger partial charge in [-0.1, -0.05) is 48.6 Å². The van der Waals surface area contributed by atoms with Gasteiger partial charge in [0, 0.05) is 0 Å². The summed E-state index contributed by atoms with van der Waals surface area (Å²) in [6.07, 6.45) is 6.30. The molecular weight excluding hydrogens is 188 g/mol. The van der Waals surface area contributed by atoms with Crippen LogP contribution < -0.4 is 0 Å². The maximum atomic E-state index is 10.9. The molecule has 2 rings (SSSR count). The van der Waals surface area contributed by atoms with Gasteiger partial charge >= 0.3 is 5.97 Å². The van der Waals surface area contributed by atoms with Crippen molar-refractivity contribution in [3.8, 4) is 0 Å². The standard InChI is InChI=1S/C13H12O2/c14-13(15)12-8-4-7-11(9-12)10-5-2-1-3-6-10/h1-7,9,12H,8H2,(H,14,15). The molecule has 1 aromatic carbocycles. The molecule has 0 spiro atoms. The summed E-state index contributed by atoms with van der Waals surface area (Å²) in [6.45, 7) is 0. The normalized spacial score (nSPS) is 19.7. The lowest BCUT2D eigenvalue weighted by Crippen LogP contribution is -2.12. The van der Waals surface area contributed by atoms with E-state index >= 15 is 0 Å². The number of benzene rings is 1. The molecule has 0 bridgehead atoms. The van der Waals surface area contributed by atoms with Crippen LogP contribution in [0.1, 0.15) is 12.0 Å².